The van der Waals surface area contributed by atoms with Gasteiger partial charge in [-0.3, -0.25) is 0 Å². The third-order valence-corrected chi connectivity index (χ3v) is 5.54. The van der Waals surface area contributed by atoms with Crippen LogP contribution in [0.25, 0.3) is 0 Å². The zero-order chi connectivity index (χ0) is 17.8. The van der Waals surface area contributed by atoms with Crippen LogP contribution in [0, 0.1) is 5.92 Å². The van der Waals surface area contributed by atoms with Gasteiger partial charge in [0.15, 0.2) is 0 Å². The number of benzene rings is 1. The normalized spacial score (nSPS) is 14.5. The number of hydrogen-bond acceptors (Lipinski definition) is 3. The number of nitrogens with zero attached hydrogens (tertiary/aromatic N) is 1. The zero-order valence-electron chi connectivity index (χ0n) is 13.5. The zero-order valence-corrected chi connectivity index (χ0v) is 14.3. The largest absolute Gasteiger partial charge is 0.393 e. The van der Waals surface area contributed by atoms with Gasteiger partial charge in [-0.2, -0.15) is 13.2 Å². The molecule has 1 aromatic rings. The highest BCUT2D eigenvalue weighted by atomic mass is 32.2. The van der Waals surface area contributed by atoms with Crippen LogP contribution in [0.1, 0.15) is 25.8 Å². The van der Waals surface area contributed by atoms with Crippen molar-refractivity contribution < 1.29 is 21.6 Å². The van der Waals surface area contributed by atoms with Crippen LogP contribution in [0.5, 0.6) is 0 Å². The average Bonchev–Trinajstić information content (AvgIpc) is 2.42. The second-order valence-corrected chi connectivity index (χ2v) is 8.00. The summed E-state index contributed by atoms with van der Waals surface area (Å²) in [6, 6.07) is 4.67. The summed E-state index contributed by atoms with van der Waals surface area (Å²) in [6.45, 7) is 4.17. The van der Waals surface area contributed by atoms with Crippen molar-refractivity contribution in [3.63, 3.8) is 0 Å². The molecule has 0 aromatic heterocycles. The van der Waals surface area contributed by atoms with E-state index in [9.17, 15) is 21.6 Å². The van der Waals surface area contributed by atoms with Gasteiger partial charge in [-0.05, 0) is 30.0 Å². The van der Waals surface area contributed by atoms with E-state index in [1.807, 2.05) is 13.8 Å². The molecule has 0 amide bonds. The maximum absolute atomic E-state index is 12.4. The Morgan fingerprint density at radius 3 is 2.13 bits per heavy atom. The Hall–Kier alpha value is -1.12. The molecule has 0 heterocycles. The van der Waals surface area contributed by atoms with E-state index in [-0.39, 0.29) is 29.0 Å². The van der Waals surface area contributed by atoms with Crippen LogP contribution in [-0.4, -0.2) is 38.5 Å². The molecule has 1 rings (SSSR count). The Kier molecular flexibility index (Phi) is 6.61. The third kappa shape index (κ3) is 6.12. The second kappa shape index (κ2) is 7.63. The van der Waals surface area contributed by atoms with E-state index < -0.39 is 22.6 Å². The Balaban J connectivity index is 2.79. The summed E-state index contributed by atoms with van der Waals surface area (Å²) in [7, 11) is -2.29. The smallest absolute Gasteiger partial charge is 0.327 e. The second-order valence-electron chi connectivity index (χ2n) is 5.96. The molecule has 0 aliphatic rings. The minimum atomic E-state index is -4.32. The van der Waals surface area contributed by atoms with Gasteiger partial charge in [0.2, 0.25) is 10.0 Å². The molecule has 0 radical (unpaired) electrons. The van der Waals surface area contributed by atoms with E-state index in [0.29, 0.717) is 6.42 Å². The highest BCUT2D eigenvalue weighted by Crippen LogP contribution is 2.23. The molecule has 1 aromatic carbocycles. The van der Waals surface area contributed by atoms with E-state index in [1.54, 1.807) is 0 Å². The van der Waals surface area contributed by atoms with E-state index in [4.69, 9.17) is 5.73 Å². The summed E-state index contributed by atoms with van der Waals surface area (Å²) in [5.74, 6) is 0.243. The molecule has 4 nitrogen and oxygen atoms in total. The first-order chi connectivity index (χ1) is 10.4. The molecule has 0 bridgehead atoms. The summed E-state index contributed by atoms with van der Waals surface area (Å²) in [6.07, 6.45) is -4.88. The van der Waals surface area contributed by atoms with Crippen LogP contribution in [0.15, 0.2) is 29.2 Å². The predicted molar refractivity (Wildman–Crippen MR) is 83.4 cm³/mol. The van der Waals surface area contributed by atoms with Gasteiger partial charge in [0.1, 0.15) is 0 Å². The fraction of sp³-hybridized carbons (Fsp3) is 0.600. The lowest BCUT2D eigenvalue weighted by Gasteiger charge is -2.21. The van der Waals surface area contributed by atoms with Gasteiger partial charge in [-0.1, -0.05) is 26.0 Å². The number of halogens is 3. The SMILES string of the molecule is CC(C)C(N)CCN(C)S(=O)(=O)c1ccc(CC(F)(F)F)cc1. The summed E-state index contributed by atoms with van der Waals surface area (Å²) >= 11 is 0. The van der Waals surface area contributed by atoms with E-state index in [0.717, 1.165) is 0 Å². The molecule has 0 saturated carbocycles. The van der Waals surface area contributed by atoms with Gasteiger partial charge < -0.3 is 5.73 Å². The van der Waals surface area contributed by atoms with E-state index in [2.05, 4.69) is 0 Å². The van der Waals surface area contributed by atoms with Crippen molar-refractivity contribution in [2.75, 3.05) is 13.6 Å². The average molecular weight is 352 g/mol. The summed E-state index contributed by atoms with van der Waals surface area (Å²) in [4.78, 5) is -0.0240. The molecular formula is C15H23F3N2O2S. The number of hydrogen-bond donors (Lipinski definition) is 1. The van der Waals surface area contributed by atoms with Crippen molar-refractivity contribution in [1.29, 1.82) is 0 Å². The molecule has 0 aliphatic carbocycles. The van der Waals surface area contributed by atoms with Crippen molar-refractivity contribution in [1.82, 2.24) is 4.31 Å². The first kappa shape index (κ1) is 19.9. The highest BCUT2D eigenvalue weighted by Gasteiger charge is 2.28. The lowest BCUT2D eigenvalue weighted by molar-refractivity contribution is -0.127. The van der Waals surface area contributed by atoms with Crippen LogP contribution in [0.3, 0.4) is 0 Å². The van der Waals surface area contributed by atoms with Crippen molar-refractivity contribution in [2.24, 2.45) is 11.7 Å². The molecule has 2 N–H and O–H groups in total. The summed E-state index contributed by atoms with van der Waals surface area (Å²) in [5.41, 5.74) is 5.93. The molecule has 0 saturated heterocycles. The van der Waals surface area contributed by atoms with Crippen LogP contribution < -0.4 is 5.73 Å². The topological polar surface area (TPSA) is 63.4 Å². The Morgan fingerprint density at radius 2 is 1.70 bits per heavy atom. The Labute approximate surface area is 135 Å². The van der Waals surface area contributed by atoms with Gasteiger partial charge in [0.25, 0.3) is 0 Å². The third-order valence-electron chi connectivity index (χ3n) is 3.67. The molecule has 1 unspecified atom stereocenters. The van der Waals surface area contributed by atoms with Crippen molar-refractivity contribution in [3.05, 3.63) is 29.8 Å². The predicted octanol–water partition coefficient (Wildman–Crippen LogP) is 2.79. The number of alkyl halides is 3. The minimum Gasteiger partial charge on any atom is -0.327 e. The number of sulfonamides is 1. The highest BCUT2D eigenvalue weighted by molar-refractivity contribution is 7.89. The fourth-order valence-corrected chi connectivity index (χ4v) is 3.16. The fourth-order valence-electron chi connectivity index (χ4n) is 1.98. The standard InChI is InChI=1S/C15H23F3N2O2S/c1-11(2)14(19)8-9-20(3)23(21,22)13-6-4-12(5-7-13)10-15(16,17)18/h4-7,11,14H,8-10,19H2,1-3H3. The Morgan fingerprint density at radius 1 is 1.17 bits per heavy atom. The van der Waals surface area contributed by atoms with Crippen LogP contribution in [0.2, 0.25) is 0 Å². The molecular weight excluding hydrogens is 329 g/mol. The van der Waals surface area contributed by atoms with Crippen molar-refractivity contribution >= 4 is 10.0 Å². The van der Waals surface area contributed by atoms with Gasteiger partial charge in [0.05, 0.1) is 11.3 Å². The molecule has 132 valence electrons. The maximum Gasteiger partial charge on any atom is 0.393 e. The van der Waals surface area contributed by atoms with Crippen molar-refractivity contribution in [2.45, 2.75) is 43.8 Å². The Bertz CT molecular complexity index is 598. The molecule has 23 heavy (non-hydrogen) atoms. The van der Waals surface area contributed by atoms with Crippen LogP contribution in [0.4, 0.5) is 13.2 Å². The first-order valence-electron chi connectivity index (χ1n) is 7.31. The molecule has 0 fully saturated rings. The first-order valence-corrected chi connectivity index (χ1v) is 8.75. The van der Waals surface area contributed by atoms with Gasteiger partial charge in [-0.15, -0.1) is 0 Å². The van der Waals surface area contributed by atoms with Gasteiger partial charge in [0, 0.05) is 19.6 Å². The van der Waals surface area contributed by atoms with Crippen molar-refractivity contribution in [3.8, 4) is 0 Å². The summed E-state index contributed by atoms with van der Waals surface area (Å²) in [5, 5.41) is 0. The van der Waals surface area contributed by atoms with Crippen LogP contribution in [-0.2, 0) is 16.4 Å². The monoisotopic (exact) mass is 352 g/mol. The summed E-state index contributed by atoms with van der Waals surface area (Å²) < 4.78 is 62.8. The van der Waals surface area contributed by atoms with E-state index in [1.165, 1.54) is 35.6 Å². The van der Waals surface area contributed by atoms with Crippen LogP contribution >= 0.6 is 0 Å². The van der Waals surface area contributed by atoms with Gasteiger partial charge >= 0.3 is 6.18 Å². The van der Waals surface area contributed by atoms with Gasteiger partial charge in [-0.25, -0.2) is 12.7 Å². The molecule has 8 heteroatoms. The minimum absolute atomic E-state index is 0.0240. The lowest BCUT2D eigenvalue weighted by Crippen LogP contribution is -2.34. The maximum atomic E-state index is 12.4. The molecule has 1 atom stereocenters. The quantitative estimate of drug-likeness (QED) is 0.821. The number of nitrogens with two attached hydrogens (primary N) is 1. The van der Waals surface area contributed by atoms with E-state index >= 15 is 0 Å². The lowest BCUT2D eigenvalue weighted by atomic mass is 10.0. The molecule has 0 aliphatic heterocycles. The number of rotatable bonds is 7. The molecule has 0 spiro atoms.